The zero-order valence-electron chi connectivity index (χ0n) is 19.9. The summed E-state index contributed by atoms with van der Waals surface area (Å²) in [6.07, 6.45) is -0.817. The lowest BCUT2D eigenvalue weighted by Gasteiger charge is -2.19. The minimum Gasteiger partial charge on any atom is -0.486 e. The highest BCUT2D eigenvalue weighted by Crippen LogP contribution is 2.36. The number of furan rings is 1. The van der Waals surface area contributed by atoms with Crippen molar-refractivity contribution in [3.63, 3.8) is 0 Å². The number of fused-ring (bicyclic) bond motifs is 2. The molecule has 4 aromatic rings. The maximum Gasteiger partial charge on any atom is 0.342 e. The standard InChI is InChI=1S/C28H25NO7/c1-3-32-28(31)25-21-16-20(10-12-22(21)36-26(25)18-7-5-4-6-8-18)35-17(2)27(30)29-19-9-11-23-24(15-19)34-14-13-33-23/h4-12,15-17H,3,13-14H2,1-2H3,(H,29,30)/t17-/m0/s1. The molecule has 1 aliphatic heterocycles. The first-order chi connectivity index (χ1) is 17.5. The maximum absolute atomic E-state index is 12.9. The van der Waals surface area contributed by atoms with E-state index in [-0.39, 0.29) is 12.5 Å². The highest BCUT2D eigenvalue weighted by molar-refractivity contribution is 6.09. The van der Waals surface area contributed by atoms with Gasteiger partial charge in [0.2, 0.25) is 0 Å². The minimum atomic E-state index is -0.817. The smallest absolute Gasteiger partial charge is 0.342 e. The van der Waals surface area contributed by atoms with E-state index in [0.29, 0.717) is 58.4 Å². The molecule has 0 spiro atoms. The number of hydrogen-bond donors (Lipinski definition) is 1. The molecule has 2 heterocycles. The Bertz CT molecular complexity index is 1410. The van der Waals surface area contributed by atoms with Gasteiger partial charge in [-0.2, -0.15) is 0 Å². The summed E-state index contributed by atoms with van der Waals surface area (Å²) in [6, 6.07) is 19.7. The van der Waals surface area contributed by atoms with Gasteiger partial charge in [-0.3, -0.25) is 4.79 Å². The van der Waals surface area contributed by atoms with Gasteiger partial charge in [0.25, 0.3) is 5.91 Å². The third kappa shape index (κ3) is 4.70. The van der Waals surface area contributed by atoms with Gasteiger partial charge < -0.3 is 28.7 Å². The summed E-state index contributed by atoms with van der Waals surface area (Å²) in [5.74, 6) is 1.23. The van der Waals surface area contributed by atoms with Crippen LogP contribution >= 0.6 is 0 Å². The van der Waals surface area contributed by atoms with Crippen LogP contribution in [0.15, 0.2) is 71.1 Å². The van der Waals surface area contributed by atoms with Gasteiger partial charge in [0.15, 0.2) is 17.6 Å². The first kappa shape index (κ1) is 23.3. The van der Waals surface area contributed by atoms with Crippen molar-refractivity contribution < 1.29 is 33.0 Å². The molecule has 0 unspecified atom stereocenters. The lowest BCUT2D eigenvalue weighted by Crippen LogP contribution is -2.30. The molecule has 36 heavy (non-hydrogen) atoms. The van der Waals surface area contributed by atoms with Crippen LogP contribution in [0.5, 0.6) is 17.2 Å². The molecule has 0 radical (unpaired) electrons. The summed E-state index contributed by atoms with van der Waals surface area (Å²) in [5.41, 5.74) is 2.16. The van der Waals surface area contributed by atoms with Crippen LogP contribution in [0, 0.1) is 0 Å². The Hall–Kier alpha value is -4.46. The quantitative estimate of drug-likeness (QED) is 0.346. The molecular formula is C28H25NO7. The van der Waals surface area contributed by atoms with Crippen LogP contribution in [-0.4, -0.2) is 37.8 Å². The van der Waals surface area contributed by atoms with Crippen LogP contribution < -0.4 is 19.5 Å². The second kappa shape index (κ2) is 10.0. The number of nitrogens with one attached hydrogen (secondary N) is 1. The first-order valence-corrected chi connectivity index (χ1v) is 11.7. The van der Waals surface area contributed by atoms with Crippen LogP contribution in [0.4, 0.5) is 5.69 Å². The third-order valence-corrected chi connectivity index (χ3v) is 5.67. The molecule has 8 heteroatoms. The van der Waals surface area contributed by atoms with Crippen molar-refractivity contribution in [1.29, 1.82) is 0 Å². The fourth-order valence-corrected chi connectivity index (χ4v) is 3.97. The number of anilines is 1. The van der Waals surface area contributed by atoms with Crippen molar-refractivity contribution in [2.24, 2.45) is 0 Å². The van der Waals surface area contributed by atoms with Gasteiger partial charge in [-0.15, -0.1) is 0 Å². The Kier molecular flexibility index (Phi) is 6.49. The Morgan fingerprint density at radius 2 is 1.75 bits per heavy atom. The summed E-state index contributed by atoms with van der Waals surface area (Å²) < 4.78 is 28.3. The molecule has 3 aromatic carbocycles. The lowest BCUT2D eigenvalue weighted by molar-refractivity contribution is -0.122. The zero-order valence-corrected chi connectivity index (χ0v) is 19.9. The second-order valence-electron chi connectivity index (χ2n) is 8.16. The molecule has 184 valence electrons. The number of benzene rings is 3. The summed E-state index contributed by atoms with van der Waals surface area (Å²) in [7, 11) is 0. The number of amides is 1. The highest BCUT2D eigenvalue weighted by Gasteiger charge is 2.24. The van der Waals surface area contributed by atoms with E-state index in [9.17, 15) is 9.59 Å². The van der Waals surface area contributed by atoms with Gasteiger partial charge >= 0.3 is 5.97 Å². The zero-order chi connectivity index (χ0) is 25.1. The SMILES string of the molecule is CCOC(=O)c1c(-c2ccccc2)oc2ccc(O[C@@H](C)C(=O)Nc3ccc4c(c3)OCCO4)cc12. The number of carbonyl (C=O) groups excluding carboxylic acids is 2. The van der Waals surface area contributed by atoms with E-state index in [1.807, 2.05) is 30.3 Å². The van der Waals surface area contributed by atoms with Gasteiger partial charge in [-0.25, -0.2) is 4.79 Å². The molecule has 1 N–H and O–H groups in total. The average molecular weight is 488 g/mol. The van der Waals surface area contributed by atoms with Crippen LogP contribution in [0.2, 0.25) is 0 Å². The molecule has 0 saturated carbocycles. The van der Waals surface area contributed by atoms with E-state index in [1.54, 1.807) is 50.2 Å². The van der Waals surface area contributed by atoms with Crippen LogP contribution in [-0.2, 0) is 9.53 Å². The molecule has 0 aliphatic carbocycles. The lowest BCUT2D eigenvalue weighted by atomic mass is 10.1. The number of esters is 1. The normalized spacial score (nSPS) is 13.2. The molecule has 8 nitrogen and oxygen atoms in total. The Morgan fingerprint density at radius 1 is 0.972 bits per heavy atom. The summed E-state index contributed by atoms with van der Waals surface area (Å²) in [5, 5.41) is 3.37. The molecule has 5 rings (SSSR count). The van der Waals surface area contributed by atoms with E-state index in [2.05, 4.69) is 5.32 Å². The van der Waals surface area contributed by atoms with Gasteiger partial charge in [0.1, 0.15) is 35.9 Å². The Morgan fingerprint density at radius 3 is 2.53 bits per heavy atom. The van der Waals surface area contributed by atoms with Crippen molar-refractivity contribution in [1.82, 2.24) is 0 Å². The summed E-state index contributed by atoms with van der Waals surface area (Å²) >= 11 is 0. The van der Waals surface area contributed by atoms with E-state index in [0.717, 1.165) is 5.56 Å². The molecule has 0 saturated heterocycles. The molecular weight excluding hydrogens is 462 g/mol. The van der Waals surface area contributed by atoms with E-state index >= 15 is 0 Å². The number of ether oxygens (including phenoxy) is 4. The van der Waals surface area contributed by atoms with Crippen molar-refractivity contribution >= 4 is 28.5 Å². The molecule has 1 amide bonds. The van der Waals surface area contributed by atoms with E-state index in [1.165, 1.54) is 0 Å². The van der Waals surface area contributed by atoms with Crippen LogP contribution in [0.3, 0.4) is 0 Å². The average Bonchev–Trinajstić information content (AvgIpc) is 3.28. The Labute approximate surface area is 207 Å². The van der Waals surface area contributed by atoms with Gasteiger partial charge in [0, 0.05) is 22.7 Å². The fraction of sp³-hybridized carbons (Fsp3) is 0.214. The minimum absolute atomic E-state index is 0.229. The van der Waals surface area contributed by atoms with E-state index < -0.39 is 12.1 Å². The monoisotopic (exact) mass is 487 g/mol. The van der Waals surface area contributed by atoms with Gasteiger partial charge in [-0.1, -0.05) is 30.3 Å². The predicted molar refractivity (Wildman–Crippen MR) is 134 cm³/mol. The number of carbonyl (C=O) groups is 2. The van der Waals surface area contributed by atoms with Crippen molar-refractivity contribution in [2.45, 2.75) is 20.0 Å². The maximum atomic E-state index is 12.9. The van der Waals surface area contributed by atoms with E-state index in [4.69, 9.17) is 23.4 Å². The predicted octanol–water partition coefficient (Wildman–Crippen LogP) is 5.45. The summed E-state index contributed by atoms with van der Waals surface area (Å²) in [6.45, 7) is 4.58. The third-order valence-electron chi connectivity index (χ3n) is 5.67. The van der Waals surface area contributed by atoms with Crippen molar-refractivity contribution in [2.75, 3.05) is 25.1 Å². The van der Waals surface area contributed by atoms with Crippen molar-refractivity contribution in [3.8, 4) is 28.6 Å². The largest absolute Gasteiger partial charge is 0.486 e. The van der Waals surface area contributed by atoms with Crippen LogP contribution in [0.1, 0.15) is 24.2 Å². The fourth-order valence-electron chi connectivity index (χ4n) is 3.97. The Balaban J connectivity index is 1.38. The molecule has 1 aromatic heterocycles. The molecule has 1 aliphatic rings. The van der Waals surface area contributed by atoms with Crippen LogP contribution in [0.25, 0.3) is 22.3 Å². The highest BCUT2D eigenvalue weighted by atomic mass is 16.6. The van der Waals surface area contributed by atoms with Crippen molar-refractivity contribution in [3.05, 3.63) is 72.3 Å². The first-order valence-electron chi connectivity index (χ1n) is 11.7. The van der Waals surface area contributed by atoms with Gasteiger partial charge in [0.05, 0.1) is 6.61 Å². The molecule has 0 fully saturated rings. The van der Waals surface area contributed by atoms with Gasteiger partial charge in [-0.05, 0) is 44.2 Å². The number of rotatable bonds is 7. The molecule has 1 atom stereocenters. The molecule has 0 bridgehead atoms. The summed E-state index contributed by atoms with van der Waals surface area (Å²) in [4.78, 5) is 25.7. The topological polar surface area (TPSA) is 96.2 Å². The second-order valence-corrected chi connectivity index (χ2v) is 8.16. The number of hydrogen-bond acceptors (Lipinski definition) is 7.